The van der Waals surface area contributed by atoms with Gasteiger partial charge in [0.05, 0.1) is 0 Å². The number of aryl methyl sites for hydroxylation is 2. The van der Waals surface area contributed by atoms with Crippen LogP contribution < -0.4 is 5.32 Å². The van der Waals surface area contributed by atoms with Crippen LogP contribution in [-0.2, 0) is 0 Å². The second-order valence-corrected chi connectivity index (χ2v) is 4.12. The molecule has 3 nitrogen and oxygen atoms in total. The van der Waals surface area contributed by atoms with Crippen molar-refractivity contribution in [3.63, 3.8) is 0 Å². The molecule has 0 spiro atoms. The third kappa shape index (κ3) is 3.10. The number of anilines is 1. The average molecular weight is 241 g/mol. The fourth-order valence-corrected chi connectivity index (χ4v) is 1.60. The molecule has 1 heterocycles. The van der Waals surface area contributed by atoms with Crippen molar-refractivity contribution in [3.8, 4) is 0 Å². The maximum absolute atomic E-state index is 11.7. The Hall–Kier alpha value is -2.29. The van der Waals surface area contributed by atoms with Gasteiger partial charge in [0.15, 0.2) is 5.76 Å². The van der Waals surface area contributed by atoms with Gasteiger partial charge >= 0.3 is 0 Å². The number of hydrogen-bond donors (Lipinski definition) is 1. The molecule has 0 unspecified atom stereocenters. The minimum absolute atomic E-state index is 0.150. The van der Waals surface area contributed by atoms with Gasteiger partial charge in [0, 0.05) is 18.0 Å². The van der Waals surface area contributed by atoms with Gasteiger partial charge in [-0.2, -0.15) is 0 Å². The first-order valence-electron chi connectivity index (χ1n) is 5.76. The summed E-state index contributed by atoms with van der Waals surface area (Å²) in [6, 6.07) is 11.4. The van der Waals surface area contributed by atoms with E-state index >= 15 is 0 Å². The monoisotopic (exact) mass is 241 g/mol. The summed E-state index contributed by atoms with van der Waals surface area (Å²) in [7, 11) is 0. The Bertz CT molecular complexity index is 582. The largest absolute Gasteiger partial charge is 0.458 e. The third-order valence-corrected chi connectivity index (χ3v) is 2.49. The molecule has 0 atom stereocenters. The van der Waals surface area contributed by atoms with E-state index in [1.807, 2.05) is 38.1 Å². The van der Waals surface area contributed by atoms with E-state index in [4.69, 9.17) is 4.42 Å². The summed E-state index contributed by atoms with van der Waals surface area (Å²) >= 11 is 0. The van der Waals surface area contributed by atoms with Gasteiger partial charge in [-0.05, 0) is 43.7 Å². The lowest BCUT2D eigenvalue weighted by Gasteiger charge is -2.00. The van der Waals surface area contributed by atoms with Crippen LogP contribution in [-0.4, -0.2) is 5.78 Å². The van der Waals surface area contributed by atoms with E-state index in [1.165, 1.54) is 11.6 Å². The highest BCUT2D eigenvalue weighted by atomic mass is 16.3. The quantitative estimate of drug-likeness (QED) is 0.655. The zero-order valence-corrected chi connectivity index (χ0v) is 10.4. The Morgan fingerprint density at radius 2 is 2.06 bits per heavy atom. The van der Waals surface area contributed by atoms with Gasteiger partial charge in [-0.15, -0.1) is 0 Å². The molecule has 3 heteroatoms. The van der Waals surface area contributed by atoms with Gasteiger partial charge in [0.1, 0.15) is 5.76 Å². The maximum Gasteiger partial charge on any atom is 0.222 e. The lowest BCUT2D eigenvalue weighted by molar-refractivity contribution is 0.102. The van der Waals surface area contributed by atoms with Gasteiger partial charge < -0.3 is 9.73 Å². The predicted octanol–water partition coefficient (Wildman–Crippen LogP) is 3.70. The fourth-order valence-electron chi connectivity index (χ4n) is 1.60. The molecule has 0 saturated carbocycles. The molecule has 1 N–H and O–H groups in total. The molecular weight excluding hydrogens is 226 g/mol. The molecule has 1 aromatic carbocycles. The standard InChI is InChI=1S/C15H15NO2/c1-11-4-3-5-13(10-11)16-9-8-14(17)15-7-6-12(2)18-15/h3-10,16H,1-2H3. The van der Waals surface area contributed by atoms with E-state index in [9.17, 15) is 4.79 Å². The molecule has 0 bridgehead atoms. The maximum atomic E-state index is 11.7. The zero-order chi connectivity index (χ0) is 13.0. The molecule has 92 valence electrons. The van der Waals surface area contributed by atoms with Crippen LogP contribution in [0, 0.1) is 13.8 Å². The topological polar surface area (TPSA) is 42.2 Å². The molecule has 0 aliphatic carbocycles. The first-order chi connectivity index (χ1) is 8.65. The summed E-state index contributed by atoms with van der Waals surface area (Å²) in [5.41, 5.74) is 2.12. The molecule has 18 heavy (non-hydrogen) atoms. The summed E-state index contributed by atoms with van der Waals surface area (Å²) in [4.78, 5) is 11.7. The highest BCUT2D eigenvalue weighted by molar-refractivity contribution is 6.02. The second kappa shape index (κ2) is 5.36. The van der Waals surface area contributed by atoms with Crippen molar-refractivity contribution in [1.29, 1.82) is 0 Å². The van der Waals surface area contributed by atoms with Crippen LogP contribution >= 0.6 is 0 Å². The Balaban J connectivity index is 1.98. The van der Waals surface area contributed by atoms with Gasteiger partial charge in [0.25, 0.3) is 0 Å². The Morgan fingerprint density at radius 3 is 2.72 bits per heavy atom. The van der Waals surface area contributed by atoms with Crippen molar-refractivity contribution in [3.05, 3.63) is 65.8 Å². The summed E-state index contributed by atoms with van der Waals surface area (Å²) in [6.45, 7) is 3.83. The van der Waals surface area contributed by atoms with Gasteiger partial charge in [0.2, 0.25) is 5.78 Å². The Labute approximate surface area is 106 Å². The van der Waals surface area contributed by atoms with E-state index < -0.39 is 0 Å². The summed E-state index contributed by atoms with van der Waals surface area (Å²) in [5, 5.41) is 3.05. The van der Waals surface area contributed by atoms with Gasteiger partial charge in [-0.3, -0.25) is 4.79 Å². The van der Waals surface area contributed by atoms with Crippen LogP contribution in [0.25, 0.3) is 0 Å². The van der Waals surface area contributed by atoms with Crippen molar-refractivity contribution in [2.75, 3.05) is 5.32 Å². The van der Waals surface area contributed by atoms with E-state index in [0.29, 0.717) is 5.76 Å². The molecule has 0 amide bonds. The number of nitrogens with one attached hydrogen (secondary N) is 1. The number of furan rings is 1. The van der Waals surface area contributed by atoms with Gasteiger partial charge in [-0.25, -0.2) is 0 Å². The highest BCUT2D eigenvalue weighted by Gasteiger charge is 2.05. The summed E-state index contributed by atoms with van der Waals surface area (Å²) in [5.74, 6) is 0.941. The summed E-state index contributed by atoms with van der Waals surface area (Å²) in [6.07, 6.45) is 3.08. The first-order valence-corrected chi connectivity index (χ1v) is 5.76. The summed E-state index contributed by atoms with van der Waals surface area (Å²) < 4.78 is 5.24. The molecule has 0 aliphatic heterocycles. The fraction of sp³-hybridized carbons (Fsp3) is 0.133. The smallest absolute Gasteiger partial charge is 0.222 e. The van der Waals surface area contributed by atoms with Crippen LogP contribution in [0.3, 0.4) is 0 Å². The van der Waals surface area contributed by atoms with Crippen molar-refractivity contribution in [1.82, 2.24) is 0 Å². The van der Waals surface area contributed by atoms with Crippen molar-refractivity contribution < 1.29 is 9.21 Å². The minimum atomic E-state index is -0.150. The van der Waals surface area contributed by atoms with Crippen LogP contribution in [0.4, 0.5) is 5.69 Å². The number of ketones is 1. The van der Waals surface area contributed by atoms with E-state index in [0.717, 1.165) is 11.4 Å². The van der Waals surface area contributed by atoms with Crippen LogP contribution in [0.15, 0.2) is 53.1 Å². The van der Waals surface area contributed by atoms with Crippen LogP contribution in [0.1, 0.15) is 21.9 Å². The number of rotatable bonds is 4. The number of carbonyl (C=O) groups excluding carboxylic acids is 1. The molecule has 2 rings (SSSR count). The Kier molecular flexibility index (Phi) is 3.63. The predicted molar refractivity (Wildman–Crippen MR) is 71.7 cm³/mol. The first kappa shape index (κ1) is 12.2. The van der Waals surface area contributed by atoms with Crippen molar-refractivity contribution in [2.45, 2.75) is 13.8 Å². The van der Waals surface area contributed by atoms with E-state index in [2.05, 4.69) is 5.32 Å². The molecule has 0 radical (unpaired) electrons. The molecule has 0 fully saturated rings. The highest BCUT2D eigenvalue weighted by Crippen LogP contribution is 2.10. The molecule has 0 saturated heterocycles. The molecule has 0 aliphatic rings. The second-order valence-electron chi connectivity index (χ2n) is 4.12. The number of allylic oxidation sites excluding steroid dienone is 1. The average Bonchev–Trinajstić information content (AvgIpc) is 2.76. The minimum Gasteiger partial charge on any atom is -0.458 e. The van der Waals surface area contributed by atoms with Crippen molar-refractivity contribution >= 4 is 11.5 Å². The van der Waals surface area contributed by atoms with E-state index in [-0.39, 0.29) is 5.78 Å². The Morgan fingerprint density at radius 1 is 1.22 bits per heavy atom. The number of benzene rings is 1. The normalized spacial score (nSPS) is 10.8. The lowest BCUT2D eigenvalue weighted by Crippen LogP contribution is -1.94. The number of carbonyl (C=O) groups is 1. The van der Waals surface area contributed by atoms with E-state index in [1.54, 1.807) is 18.3 Å². The molecule has 1 aromatic heterocycles. The molecule has 2 aromatic rings. The van der Waals surface area contributed by atoms with Gasteiger partial charge in [-0.1, -0.05) is 12.1 Å². The van der Waals surface area contributed by atoms with Crippen molar-refractivity contribution in [2.24, 2.45) is 0 Å². The molecular formula is C15H15NO2. The third-order valence-electron chi connectivity index (χ3n) is 2.49. The number of hydrogen-bond acceptors (Lipinski definition) is 3. The van der Waals surface area contributed by atoms with Crippen LogP contribution in [0.2, 0.25) is 0 Å². The van der Waals surface area contributed by atoms with Crippen LogP contribution in [0.5, 0.6) is 0 Å². The zero-order valence-electron chi connectivity index (χ0n) is 10.4. The lowest BCUT2D eigenvalue weighted by atomic mass is 10.2. The SMILES string of the molecule is Cc1cccc(NC=CC(=O)c2ccc(C)o2)c1.